The van der Waals surface area contributed by atoms with Crippen LogP contribution in [0, 0.1) is 11.8 Å². The number of hydrogen-bond acceptors (Lipinski definition) is 4. The molecule has 2 rings (SSSR count). The number of nitrogens with one attached hydrogen (secondary N) is 1. The van der Waals surface area contributed by atoms with E-state index >= 15 is 0 Å². The lowest BCUT2D eigenvalue weighted by atomic mass is 9.87. The molecule has 0 bridgehead atoms. The molecule has 21 heavy (non-hydrogen) atoms. The summed E-state index contributed by atoms with van der Waals surface area (Å²) in [6.07, 6.45) is 2.23. The van der Waals surface area contributed by atoms with Crippen molar-refractivity contribution in [1.82, 2.24) is 20.0 Å². The zero-order valence-electron chi connectivity index (χ0n) is 14.1. The molecule has 2 heterocycles. The lowest BCUT2D eigenvalue weighted by Crippen LogP contribution is -2.54. The number of likely N-dealkylation sites (tertiary alicyclic amines) is 1. The average Bonchev–Trinajstić information content (AvgIpc) is 2.38. The van der Waals surface area contributed by atoms with E-state index in [1.165, 1.54) is 0 Å². The van der Waals surface area contributed by atoms with Crippen LogP contribution in [0.3, 0.4) is 0 Å². The van der Waals surface area contributed by atoms with E-state index in [2.05, 4.69) is 48.1 Å². The summed E-state index contributed by atoms with van der Waals surface area (Å²) in [7, 11) is 6.33. The second-order valence-corrected chi connectivity index (χ2v) is 7.08. The van der Waals surface area contributed by atoms with Gasteiger partial charge in [0.2, 0.25) is 5.91 Å². The van der Waals surface area contributed by atoms with Crippen LogP contribution >= 0.6 is 0 Å². The van der Waals surface area contributed by atoms with Crippen molar-refractivity contribution in [3.8, 4) is 0 Å². The highest BCUT2D eigenvalue weighted by atomic mass is 16.2. The number of hydrogen-bond donors (Lipinski definition) is 1. The van der Waals surface area contributed by atoms with E-state index in [1.807, 2.05) is 0 Å². The van der Waals surface area contributed by atoms with Crippen molar-refractivity contribution in [3.05, 3.63) is 0 Å². The van der Waals surface area contributed by atoms with Crippen molar-refractivity contribution >= 4 is 5.91 Å². The first-order valence-electron chi connectivity index (χ1n) is 8.33. The Kier molecular flexibility index (Phi) is 6.02. The van der Waals surface area contributed by atoms with Crippen LogP contribution < -0.4 is 5.32 Å². The predicted molar refractivity (Wildman–Crippen MR) is 86.3 cm³/mol. The van der Waals surface area contributed by atoms with Crippen molar-refractivity contribution in [2.45, 2.75) is 25.8 Å². The van der Waals surface area contributed by atoms with E-state index in [9.17, 15) is 4.79 Å². The van der Waals surface area contributed by atoms with Gasteiger partial charge in [0.1, 0.15) is 0 Å². The molecule has 1 atom stereocenters. The van der Waals surface area contributed by atoms with Gasteiger partial charge in [-0.15, -0.1) is 0 Å². The van der Waals surface area contributed by atoms with Gasteiger partial charge >= 0.3 is 0 Å². The molecule has 0 spiro atoms. The summed E-state index contributed by atoms with van der Waals surface area (Å²) in [5.41, 5.74) is 0. The van der Waals surface area contributed by atoms with Crippen molar-refractivity contribution in [3.63, 3.8) is 0 Å². The smallest absolute Gasteiger partial charge is 0.226 e. The Labute approximate surface area is 129 Å². The summed E-state index contributed by atoms with van der Waals surface area (Å²) in [5, 5.41) is 3.29. The summed E-state index contributed by atoms with van der Waals surface area (Å²) in [6.45, 7) is 8.15. The van der Waals surface area contributed by atoms with E-state index in [-0.39, 0.29) is 5.92 Å². The Balaban J connectivity index is 1.98. The van der Waals surface area contributed by atoms with Gasteiger partial charge in [-0.25, -0.2) is 0 Å². The van der Waals surface area contributed by atoms with E-state index in [0.29, 0.717) is 17.9 Å². The number of nitrogens with zero attached hydrogens (tertiary/aromatic N) is 3. The summed E-state index contributed by atoms with van der Waals surface area (Å²) in [5.74, 6) is 1.07. The normalized spacial score (nSPS) is 23.1. The molecule has 1 unspecified atom stereocenters. The number of carbonyl (C=O) groups is 1. The Morgan fingerprint density at radius 2 is 1.86 bits per heavy atom. The van der Waals surface area contributed by atoms with Crippen molar-refractivity contribution in [2.75, 3.05) is 60.4 Å². The minimum atomic E-state index is 0.160. The number of piperidine rings is 1. The first-order chi connectivity index (χ1) is 9.99. The molecule has 0 radical (unpaired) electrons. The zero-order valence-corrected chi connectivity index (χ0v) is 14.1. The van der Waals surface area contributed by atoms with Gasteiger partial charge in [-0.2, -0.15) is 0 Å². The first-order valence-corrected chi connectivity index (χ1v) is 8.33. The lowest BCUT2D eigenvalue weighted by Gasteiger charge is -2.41. The van der Waals surface area contributed by atoms with Gasteiger partial charge in [0, 0.05) is 25.0 Å². The quantitative estimate of drug-likeness (QED) is 0.766. The van der Waals surface area contributed by atoms with Crippen LogP contribution in [-0.4, -0.2) is 87.1 Å². The number of rotatable bonds is 6. The van der Waals surface area contributed by atoms with Gasteiger partial charge in [-0.05, 0) is 66.1 Å². The highest BCUT2D eigenvalue weighted by Gasteiger charge is 2.35. The Hall–Kier alpha value is -0.650. The SMILES string of the molecule is CC(C(=O)N(CCN(C)C)C1CCN(C)CC1)C1CNC1. The fourth-order valence-electron chi connectivity index (χ4n) is 3.21. The molecule has 0 saturated carbocycles. The van der Waals surface area contributed by atoms with E-state index in [1.54, 1.807) is 0 Å². The maximum Gasteiger partial charge on any atom is 0.226 e. The van der Waals surface area contributed by atoms with Gasteiger partial charge in [0.15, 0.2) is 0 Å². The first kappa shape index (κ1) is 16.7. The minimum Gasteiger partial charge on any atom is -0.338 e. The molecule has 2 aliphatic heterocycles. The fraction of sp³-hybridized carbons (Fsp3) is 0.938. The van der Waals surface area contributed by atoms with Crippen LogP contribution in [0.2, 0.25) is 0 Å². The summed E-state index contributed by atoms with van der Waals surface area (Å²) >= 11 is 0. The minimum absolute atomic E-state index is 0.160. The van der Waals surface area contributed by atoms with Crippen LogP contribution in [-0.2, 0) is 4.79 Å². The monoisotopic (exact) mass is 296 g/mol. The van der Waals surface area contributed by atoms with Gasteiger partial charge in [0.05, 0.1) is 0 Å². The maximum absolute atomic E-state index is 12.9. The molecule has 0 aromatic carbocycles. The van der Waals surface area contributed by atoms with Gasteiger partial charge in [0.25, 0.3) is 0 Å². The molecule has 122 valence electrons. The third kappa shape index (κ3) is 4.41. The van der Waals surface area contributed by atoms with Crippen LogP contribution in [0.1, 0.15) is 19.8 Å². The predicted octanol–water partition coefficient (Wildman–Crippen LogP) is 0.326. The van der Waals surface area contributed by atoms with Gasteiger partial charge < -0.3 is 20.0 Å². The largest absolute Gasteiger partial charge is 0.338 e. The summed E-state index contributed by atoms with van der Waals surface area (Å²) in [6, 6.07) is 0.434. The fourth-order valence-corrected chi connectivity index (χ4v) is 3.21. The molecule has 0 aliphatic carbocycles. The topological polar surface area (TPSA) is 38.8 Å². The number of carbonyl (C=O) groups excluding carboxylic acids is 1. The zero-order chi connectivity index (χ0) is 15.4. The molecule has 0 aromatic heterocycles. The molecule has 5 nitrogen and oxygen atoms in total. The summed E-state index contributed by atoms with van der Waals surface area (Å²) in [4.78, 5) is 19.7. The molecule has 2 fully saturated rings. The van der Waals surface area contributed by atoms with E-state index in [4.69, 9.17) is 0 Å². The average molecular weight is 296 g/mol. The highest BCUT2D eigenvalue weighted by Crippen LogP contribution is 2.23. The van der Waals surface area contributed by atoms with Gasteiger partial charge in [-0.1, -0.05) is 6.92 Å². The van der Waals surface area contributed by atoms with Gasteiger partial charge in [-0.3, -0.25) is 4.79 Å². The third-order valence-corrected chi connectivity index (χ3v) is 5.11. The Morgan fingerprint density at radius 3 is 2.33 bits per heavy atom. The van der Waals surface area contributed by atoms with E-state index < -0.39 is 0 Å². The highest BCUT2D eigenvalue weighted by molar-refractivity contribution is 5.79. The maximum atomic E-state index is 12.9. The van der Waals surface area contributed by atoms with Crippen molar-refractivity contribution in [2.24, 2.45) is 11.8 Å². The lowest BCUT2D eigenvalue weighted by molar-refractivity contribution is -0.141. The number of likely N-dealkylation sites (N-methyl/N-ethyl adjacent to an activating group) is 1. The number of amides is 1. The van der Waals surface area contributed by atoms with Crippen molar-refractivity contribution in [1.29, 1.82) is 0 Å². The molecule has 2 saturated heterocycles. The van der Waals surface area contributed by atoms with Crippen LogP contribution in [0.25, 0.3) is 0 Å². The molecule has 2 aliphatic rings. The molecular weight excluding hydrogens is 264 g/mol. The molecule has 0 aromatic rings. The standard InChI is InChI=1S/C16H32N4O/c1-13(14-11-17-12-14)16(21)20(10-9-18(2)3)15-5-7-19(4)8-6-15/h13-15,17H,5-12H2,1-4H3. The van der Waals surface area contributed by atoms with Crippen molar-refractivity contribution < 1.29 is 4.79 Å². The third-order valence-electron chi connectivity index (χ3n) is 5.11. The molecular formula is C16H32N4O. The second kappa shape index (κ2) is 7.56. The Bertz CT molecular complexity index is 335. The molecule has 1 amide bonds. The Morgan fingerprint density at radius 1 is 1.24 bits per heavy atom. The molecule has 5 heteroatoms. The van der Waals surface area contributed by atoms with Crippen LogP contribution in [0.15, 0.2) is 0 Å². The summed E-state index contributed by atoms with van der Waals surface area (Å²) < 4.78 is 0. The molecule has 1 N–H and O–H groups in total. The van der Waals surface area contributed by atoms with Crippen LogP contribution in [0.5, 0.6) is 0 Å². The second-order valence-electron chi connectivity index (χ2n) is 7.08. The van der Waals surface area contributed by atoms with E-state index in [0.717, 1.165) is 52.1 Å². The van der Waals surface area contributed by atoms with Crippen LogP contribution in [0.4, 0.5) is 0 Å².